The van der Waals surface area contributed by atoms with Gasteiger partial charge < -0.3 is 10.1 Å². The topological polar surface area (TPSA) is 114 Å². The highest BCUT2D eigenvalue weighted by Gasteiger charge is 2.55. The minimum Gasteiger partial charge on any atom is -0.493 e. The second-order valence-electron chi connectivity index (χ2n) is 7.09. The number of urea groups is 1. The number of rotatable bonds is 4. The van der Waals surface area contributed by atoms with E-state index in [1.165, 1.54) is 11.3 Å². The molecule has 0 bridgehead atoms. The van der Waals surface area contributed by atoms with E-state index in [2.05, 4.69) is 20.8 Å². The molecule has 0 unspecified atom stereocenters. The fourth-order valence-electron chi connectivity index (χ4n) is 3.60. The molecule has 1 atom stereocenters. The molecule has 3 heterocycles. The van der Waals surface area contributed by atoms with Crippen molar-refractivity contribution in [3.05, 3.63) is 34.8 Å². The first-order valence-corrected chi connectivity index (χ1v) is 9.88. The monoisotopic (exact) mass is 399 g/mol. The van der Waals surface area contributed by atoms with Gasteiger partial charge in [-0.25, -0.2) is 4.79 Å². The van der Waals surface area contributed by atoms with Gasteiger partial charge in [0.15, 0.2) is 5.54 Å². The van der Waals surface area contributed by atoms with Gasteiger partial charge in [0.05, 0.1) is 6.61 Å². The number of imide groups is 1. The Hall–Kier alpha value is -3.01. The van der Waals surface area contributed by atoms with E-state index in [4.69, 9.17) is 4.74 Å². The molecule has 1 aromatic carbocycles. The summed E-state index contributed by atoms with van der Waals surface area (Å²) < 4.78 is 5.60. The first-order valence-electron chi connectivity index (χ1n) is 9.06. The van der Waals surface area contributed by atoms with Gasteiger partial charge in [0, 0.05) is 17.9 Å². The van der Waals surface area contributed by atoms with Gasteiger partial charge in [-0.3, -0.25) is 19.8 Å². The van der Waals surface area contributed by atoms with Crippen LogP contribution in [-0.4, -0.2) is 46.1 Å². The van der Waals surface area contributed by atoms with Crippen molar-refractivity contribution < 1.29 is 19.1 Å². The fraction of sp³-hybridized carbons (Fsp3) is 0.389. The molecule has 1 saturated heterocycles. The number of hydrogen-bond acceptors (Lipinski definition) is 7. The second-order valence-corrected chi connectivity index (χ2v) is 8.10. The van der Waals surface area contributed by atoms with Gasteiger partial charge in [-0.15, -0.1) is 10.2 Å². The summed E-state index contributed by atoms with van der Waals surface area (Å²) in [5, 5.41) is 14.7. The summed E-state index contributed by atoms with van der Waals surface area (Å²) in [6.45, 7) is -0.0778. The molecule has 1 aromatic heterocycles. The van der Waals surface area contributed by atoms with Gasteiger partial charge in [-0.1, -0.05) is 29.5 Å². The summed E-state index contributed by atoms with van der Waals surface area (Å²) in [6, 6.07) is 6.53. The number of fused-ring (bicyclic) bond motifs is 2. The summed E-state index contributed by atoms with van der Waals surface area (Å²) in [7, 11) is 0. The van der Waals surface area contributed by atoms with Gasteiger partial charge in [0.1, 0.15) is 17.3 Å². The van der Waals surface area contributed by atoms with E-state index in [1.807, 2.05) is 6.07 Å². The van der Waals surface area contributed by atoms with Crippen LogP contribution in [0.2, 0.25) is 0 Å². The van der Waals surface area contributed by atoms with Crippen molar-refractivity contribution >= 4 is 34.3 Å². The van der Waals surface area contributed by atoms with Crippen LogP contribution in [0.1, 0.15) is 35.8 Å². The highest BCUT2D eigenvalue weighted by molar-refractivity contribution is 7.15. The maximum Gasteiger partial charge on any atom is 0.325 e. The molecule has 5 rings (SSSR count). The molecule has 28 heavy (non-hydrogen) atoms. The quantitative estimate of drug-likeness (QED) is 0.755. The Morgan fingerprint density at radius 1 is 1.32 bits per heavy atom. The zero-order valence-electron chi connectivity index (χ0n) is 14.8. The minimum atomic E-state index is -1.19. The van der Waals surface area contributed by atoms with Crippen LogP contribution < -0.4 is 15.4 Å². The lowest BCUT2D eigenvalue weighted by atomic mass is 9.84. The SMILES string of the molecule is O=C(CN1C(=O)N[C@@]2(CCOc3ccccc32)C1=O)Nc1nnc(C2CC2)s1. The number of carbonyl (C=O) groups is 3. The van der Waals surface area contributed by atoms with Crippen molar-refractivity contribution in [2.45, 2.75) is 30.7 Å². The maximum absolute atomic E-state index is 13.1. The van der Waals surface area contributed by atoms with Gasteiger partial charge in [0.25, 0.3) is 5.91 Å². The third kappa shape index (κ3) is 2.71. The normalized spacial score (nSPS) is 23.4. The zero-order valence-corrected chi connectivity index (χ0v) is 15.6. The van der Waals surface area contributed by atoms with Crippen molar-refractivity contribution in [2.24, 2.45) is 0 Å². The van der Waals surface area contributed by atoms with Crippen LogP contribution in [0.25, 0.3) is 0 Å². The number of para-hydroxylation sites is 1. The average molecular weight is 399 g/mol. The number of nitrogens with zero attached hydrogens (tertiary/aromatic N) is 3. The Kier molecular flexibility index (Phi) is 3.83. The lowest BCUT2D eigenvalue weighted by Crippen LogP contribution is -2.48. The van der Waals surface area contributed by atoms with Crippen LogP contribution in [0.3, 0.4) is 0 Å². The molecular formula is C18H17N5O4S. The number of nitrogens with one attached hydrogen (secondary N) is 2. The number of hydrogen-bond donors (Lipinski definition) is 2. The van der Waals surface area contributed by atoms with E-state index < -0.39 is 23.4 Å². The van der Waals surface area contributed by atoms with E-state index in [1.54, 1.807) is 18.2 Å². The first kappa shape index (κ1) is 17.1. The number of anilines is 1. The van der Waals surface area contributed by atoms with Crippen LogP contribution in [0.5, 0.6) is 5.75 Å². The number of carbonyl (C=O) groups excluding carboxylic acids is 3. The van der Waals surface area contributed by atoms with Gasteiger partial charge >= 0.3 is 6.03 Å². The summed E-state index contributed by atoms with van der Waals surface area (Å²) in [5.41, 5.74) is -0.575. The second kappa shape index (κ2) is 6.26. The smallest absolute Gasteiger partial charge is 0.325 e. The average Bonchev–Trinajstić information content (AvgIpc) is 3.40. The number of benzene rings is 1. The van der Waals surface area contributed by atoms with Crippen molar-refractivity contribution in [3.8, 4) is 5.75 Å². The zero-order chi connectivity index (χ0) is 19.3. The van der Waals surface area contributed by atoms with Crippen molar-refractivity contribution in [1.29, 1.82) is 0 Å². The molecule has 1 saturated carbocycles. The van der Waals surface area contributed by atoms with E-state index >= 15 is 0 Å². The van der Waals surface area contributed by atoms with Crippen LogP contribution in [0.4, 0.5) is 9.93 Å². The Labute approximate surface area is 164 Å². The molecule has 4 amide bonds. The molecule has 10 heteroatoms. The van der Waals surface area contributed by atoms with E-state index in [0.29, 0.717) is 35.4 Å². The van der Waals surface area contributed by atoms with E-state index in [0.717, 1.165) is 22.7 Å². The predicted octanol–water partition coefficient (Wildman–Crippen LogP) is 1.58. The third-order valence-electron chi connectivity index (χ3n) is 5.17. The number of aromatic nitrogens is 2. The largest absolute Gasteiger partial charge is 0.493 e. The molecule has 1 aliphatic carbocycles. The lowest BCUT2D eigenvalue weighted by molar-refractivity contribution is -0.135. The summed E-state index contributed by atoms with van der Waals surface area (Å²) in [5.74, 6) is 0.0800. The predicted molar refractivity (Wildman–Crippen MR) is 99.0 cm³/mol. The van der Waals surface area contributed by atoms with Crippen molar-refractivity contribution in [3.63, 3.8) is 0 Å². The Balaban J connectivity index is 1.33. The van der Waals surface area contributed by atoms with Crippen LogP contribution in [0.15, 0.2) is 24.3 Å². The Morgan fingerprint density at radius 2 is 2.14 bits per heavy atom. The molecule has 2 fully saturated rings. The summed E-state index contributed by atoms with van der Waals surface area (Å²) in [4.78, 5) is 39.0. The Morgan fingerprint density at radius 3 is 2.96 bits per heavy atom. The molecule has 0 radical (unpaired) electrons. The lowest BCUT2D eigenvalue weighted by Gasteiger charge is -2.33. The number of amides is 4. The molecule has 2 aromatic rings. The van der Waals surface area contributed by atoms with Crippen molar-refractivity contribution in [1.82, 2.24) is 20.4 Å². The van der Waals surface area contributed by atoms with E-state index in [9.17, 15) is 14.4 Å². The molecule has 2 aliphatic heterocycles. The van der Waals surface area contributed by atoms with Gasteiger partial charge in [0.2, 0.25) is 11.0 Å². The first-order chi connectivity index (χ1) is 13.6. The standard InChI is InChI=1S/C18H17N5O4S/c24-13(19-16-22-21-14(28-16)10-5-6-10)9-23-15(25)18(20-17(23)26)7-8-27-12-4-2-1-3-11(12)18/h1-4,10H,5-9H2,(H,20,26)(H,19,22,24)/t18-/m1/s1. The molecular weight excluding hydrogens is 382 g/mol. The maximum atomic E-state index is 13.1. The molecule has 3 aliphatic rings. The molecule has 9 nitrogen and oxygen atoms in total. The highest BCUT2D eigenvalue weighted by Crippen LogP contribution is 2.42. The van der Waals surface area contributed by atoms with Crippen LogP contribution in [-0.2, 0) is 15.1 Å². The summed E-state index contributed by atoms with van der Waals surface area (Å²) in [6.07, 6.45) is 2.50. The molecule has 1 spiro atoms. The van der Waals surface area contributed by atoms with Crippen LogP contribution in [0, 0.1) is 0 Å². The highest BCUT2D eigenvalue weighted by atomic mass is 32.1. The number of ether oxygens (including phenoxy) is 1. The minimum absolute atomic E-state index is 0.303. The molecule has 2 N–H and O–H groups in total. The Bertz CT molecular complexity index is 988. The summed E-state index contributed by atoms with van der Waals surface area (Å²) >= 11 is 1.33. The van der Waals surface area contributed by atoms with Gasteiger partial charge in [-0.05, 0) is 18.9 Å². The third-order valence-corrected chi connectivity index (χ3v) is 6.17. The molecule has 144 valence electrons. The van der Waals surface area contributed by atoms with E-state index in [-0.39, 0.29) is 6.54 Å². The van der Waals surface area contributed by atoms with Gasteiger partial charge in [-0.2, -0.15) is 0 Å². The fourth-order valence-corrected chi connectivity index (χ4v) is 4.53. The van der Waals surface area contributed by atoms with Crippen LogP contribution >= 0.6 is 11.3 Å². The van der Waals surface area contributed by atoms with Crippen molar-refractivity contribution in [2.75, 3.05) is 18.5 Å².